The fourth-order valence-corrected chi connectivity index (χ4v) is 2.07. The highest BCUT2D eigenvalue weighted by atomic mass is 16.4. The molecule has 0 amide bonds. The van der Waals surface area contributed by atoms with Gasteiger partial charge in [0.25, 0.3) is 0 Å². The maximum absolute atomic E-state index is 5.69. The van der Waals surface area contributed by atoms with Gasteiger partial charge >= 0.3 is 0 Å². The zero-order chi connectivity index (χ0) is 14.2. The van der Waals surface area contributed by atoms with Gasteiger partial charge in [-0.05, 0) is 36.0 Å². The number of rotatable bonds is 4. The molecule has 4 heteroatoms. The lowest BCUT2D eigenvalue weighted by Gasteiger charge is -2.18. The van der Waals surface area contributed by atoms with E-state index in [1.807, 2.05) is 12.1 Å². The quantitative estimate of drug-likeness (QED) is 0.927. The number of hydrogen-bond donors (Lipinski definition) is 1. The predicted molar refractivity (Wildman–Crippen MR) is 78.3 cm³/mol. The van der Waals surface area contributed by atoms with Crippen LogP contribution in [0.2, 0.25) is 0 Å². The first-order chi connectivity index (χ1) is 9.52. The maximum atomic E-state index is 5.69. The van der Waals surface area contributed by atoms with E-state index in [-0.39, 0.29) is 5.41 Å². The van der Waals surface area contributed by atoms with E-state index in [2.05, 4.69) is 48.4 Å². The van der Waals surface area contributed by atoms with Crippen molar-refractivity contribution in [2.75, 3.05) is 0 Å². The minimum Gasteiger partial charge on any atom is -0.419 e. The molecular formula is C16H21N3O. The van der Waals surface area contributed by atoms with Crippen molar-refractivity contribution in [1.82, 2.24) is 15.5 Å². The molecule has 1 heterocycles. The molecule has 0 atom stereocenters. The standard InChI is InChI=1S/C16H21N3O/c1-16(2,3)12-6-4-11(5-7-12)15-19-18-14(20-15)10-17-13-8-9-13/h4-7,13,17H,8-10H2,1-3H3. The van der Waals surface area contributed by atoms with Crippen molar-refractivity contribution in [3.63, 3.8) is 0 Å². The first kappa shape index (κ1) is 13.3. The lowest BCUT2D eigenvalue weighted by atomic mass is 9.87. The molecule has 0 unspecified atom stereocenters. The van der Waals surface area contributed by atoms with Crippen molar-refractivity contribution in [1.29, 1.82) is 0 Å². The lowest BCUT2D eigenvalue weighted by molar-refractivity contribution is 0.476. The van der Waals surface area contributed by atoms with Crippen LogP contribution in [0.1, 0.15) is 45.1 Å². The first-order valence-corrected chi connectivity index (χ1v) is 7.19. The minimum atomic E-state index is 0.159. The molecule has 1 saturated carbocycles. The van der Waals surface area contributed by atoms with Gasteiger partial charge in [0.2, 0.25) is 11.8 Å². The molecule has 1 aromatic carbocycles. The van der Waals surface area contributed by atoms with Crippen molar-refractivity contribution >= 4 is 0 Å². The second-order valence-electron chi connectivity index (χ2n) is 6.48. The van der Waals surface area contributed by atoms with Crippen LogP contribution >= 0.6 is 0 Å². The smallest absolute Gasteiger partial charge is 0.247 e. The van der Waals surface area contributed by atoms with E-state index in [1.54, 1.807) is 0 Å². The summed E-state index contributed by atoms with van der Waals surface area (Å²) in [4.78, 5) is 0. The molecule has 4 nitrogen and oxygen atoms in total. The summed E-state index contributed by atoms with van der Waals surface area (Å²) in [6.45, 7) is 7.28. The van der Waals surface area contributed by atoms with Crippen LogP contribution in [0.3, 0.4) is 0 Å². The molecule has 20 heavy (non-hydrogen) atoms. The Morgan fingerprint density at radius 3 is 2.45 bits per heavy atom. The van der Waals surface area contributed by atoms with Crippen molar-refractivity contribution < 1.29 is 4.42 Å². The van der Waals surface area contributed by atoms with Crippen LogP contribution in [0.15, 0.2) is 28.7 Å². The van der Waals surface area contributed by atoms with E-state index < -0.39 is 0 Å². The van der Waals surface area contributed by atoms with E-state index in [0.29, 0.717) is 24.4 Å². The average molecular weight is 271 g/mol. The Morgan fingerprint density at radius 2 is 1.85 bits per heavy atom. The second-order valence-corrected chi connectivity index (χ2v) is 6.48. The fourth-order valence-electron chi connectivity index (χ4n) is 2.07. The van der Waals surface area contributed by atoms with Gasteiger partial charge in [-0.25, -0.2) is 0 Å². The van der Waals surface area contributed by atoms with Crippen LogP contribution in [0, 0.1) is 0 Å². The average Bonchev–Trinajstić information content (AvgIpc) is 3.13. The zero-order valence-electron chi connectivity index (χ0n) is 12.3. The molecule has 1 fully saturated rings. The Hall–Kier alpha value is -1.68. The van der Waals surface area contributed by atoms with Crippen molar-refractivity contribution in [2.45, 2.75) is 51.6 Å². The first-order valence-electron chi connectivity index (χ1n) is 7.19. The molecule has 0 radical (unpaired) electrons. The van der Waals surface area contributed by atoms with E-state index in [0.717, 1.165) is 5.56 Å². The van der Waals surface area contributed by atoms with Crippen LogP contribution in [0.5, 0.6) is 0 Å². The van der Waals surface area contributed by atoms with Crippen LogP contribution in [0.4, 0.5) is 0 Å². The third-order valence-electron chi connectivity index (χ3n) is 3.58. The second kappa shape index (κ2) is 5.02. The van der Waals surface area contributed by atoms with E-state index in [4.69, 9.17) is 4.42 Å². The summed E-state index contributed by atoms with van der Waals surface area (Å²) in [6, 6.07) is 9.00. The van der Waals surface area contributed by atoms with Gasteiger partial charge < -0.3 is 9.73 Å². The third-order valence-corrected chi connectivity index (χ3v) is 3.58. The van der Waals surface area contributed by atoms with Gasteiger partial charge in [-0.3, -0.25) is 0 Å². The van der Waals surface area contributed by atoms with E-state index >= 15 is 0 Å². The molecule has 1 aliphatic carbocycles. The van der Waals surface area contributed by atoms with Crippen molar-refractivity contribution in [2.24, 2.45) is 0 Å². The minimum absolute atomic E-state index is 0.159. The lowest BCUT2D eigenvalue weighted by Crippen LogP contribution is -2.15. The Balaban J connectivity index is 1.71. The Morgan fingerprint density at radius 1 is 1.15 bits per heavy atom. The van der Waals surface area contributed by atoms with Gasteiger partial charge in [0.05, 0.1) is 6.54 Å². The molecule has 106 valence electrons. The molecule has 0 bridgehead atoms. The summed E-state index contributed by atoms with van der Waals surface area (Å²) >= 11 is 0. The summed E-state index contributed by atoms with van der Waals surface area (Å²) in [5.41, 5.74) is 2.44. The Labute approximate surface area is 119 Å². The number of nitrogens with one attached hydrogen (secondary N) is 1. The molecule has 3 rings (SSSR count). The third kappa shape index (κ3) is 3.07. The monoisotopic (exact) mass is 271 g/mol. The van der Waals surface area contributed by atoms with Crippen LogP contribution in [-0.2, 0) is 12.0 Å². The molecule has 1 aliphatic rings. The summed E-state index contributed by atoms with van der Waals surface area (Å²) in [7, 11) is 0. The topological polar surface area (TPSA) is 51.0 Å². The molecular weight excluding hydrogens is 250 g/mol. The van der Waals surface area contributed by atoms with E-state index in [1.165, 1.54) is 18.4 Å². The van der Waals surface area contributed by atoms with Gasteiger partial charge in [0.15, 0.2) is 0 Å². The molecule has 0 spiro atoms. The van der Waals surface area contributed by atoms with Crippen LogP contribution in [0.25, 0.3) is 11.5 Å². The number of nitrogens with zero attached hydrogens (tertiary/aromatic N) is 2. The number of hydrogen-bond acceptors (Lipinski definition) is 4. The van der Waals surface area contributed by atoms with Gasteiger partial charge in [0.1, 0.15) is 0 Å². The van der Waals surface area contributed by atoms with Crippen molar-refractivity contribution in [3.05, 3.63) is 35.7 Å². The number of aromatic nitrogens is 2. The van der Waals surface area contributed by atoms with Crippen LogP contribution < -0.4 is 5.32 Å². The molecule has 1 aromatic heterocycles. The van der Waals surface area contributed by atoms with Gasteiger partial charge in [-0.2, -0.15) is 0 Å². The summed E-state index contributed by atoms with van der Waals surface area (Å²) in [6.07, 6.45) is 2.52. The highest BCUT2D eigenvalue weighted by molar-refractivity contribution is 5.53. The SMILES string of the molecule is CC(C)(C)c1ccc(-c2nnc(CNC3CC3)o2)cc1. The van der Waals surface area contributed by atoms with Gasteiger partial charge in [0, 0.05) is 11.6 Å². The van der Waals surface area contributed by atoms with E-state index in [9.17, 15) is 0 Å². The Kier molecular flexibility index (Phi) is 3.34. The highest BCUT2D eigenvalue weighted by Crippen LogP contribution is 2.25. The molecule has 0 aliphatic heterocycles. The molecule has 0 saturated heterocycles. The van der Waals surface area contributed by atoms with Crippen LogP contribution in [-0.4, -0.2) is 16.2 Å². The summed E-state index contributed by atoms with van der Waals surface area (Å²) < 4.78 is 5.69. The Bertz CT molecular complexity index is 577. The largest absolute Gasteiger partial charge is 0.419 e. The summed E-state index contributed by atoms with van der Waals surface area (Å²) in [5.74, 6) is 1.25. The molecule has 2 aromatic rings. The van der Waals surface area contributed by atoms with Gasteiger partial charge in [-0.15, -0.1) is 10.2 Å². The number of benzene rings is 1. The maximum Gasteiger partial charge on any atom is 0.247 e. The summed E-state index contributed by atoms with van der Waals surface area (Å²) in [5, 5.41) is 11.6. The van der Waals surface area contributed by atoms with Gasteiger partial charge in [-0.1, -0.05) is 32.9 Å². The highest BCUT2D eigenvalue weighted by Gasteiger charge is 2.21. The predicted octanol–water partition coefficient (Wildman–Crippen LogP) is 3.29. The normalized spacial score (nSPS) is 15.6. The fraction of sp³-hybridized carbons (Fsp3) is 0.500. The molecule has 1 N–H and O–H groups in total. The van der Waals surface area contributed by atoms with Crippen molar-refractivity contribution in [3.8, 4) is 11.5 Å². The zero-order valence-corrected chi connectivity index (χ0v) is 12.3.